The fourth-order valence-corrected chi connectivity index (χ4v) is 15.8. The van der Waals surface area contributed by atoms with Gasteiger partial charge in [0.15, 0.2) is 18.9 Å². The van der Waals surface area contributed by atoms with Gasteiger partial charge in [0.25, 0.3) is 0 Å². The molecule has 3 saturated heterocycles. The minimum atomic E-state index is -1.98. The van der Waals surface area contributed by atoms with Crippen LogP contribution in [0.5, 0.6) is 0 Å². The molecule has 12 N–H and O–H groups in total. The molecule has 3 heterocycles. The van der Waals surface area contributed by atoms with Crippen molar-refractivity contribution in [3.05, 3.63) is 36.5 Å². The van der Waals surface area contributed by atoms with Gasteiger partial charge in [-0.1, -0.05) is 378 Å². The topological polar surface area (TPSA) is 307 Å². The zero-order valence-corrected chi connectivity index (χ0v) is 70.0. The first-order valence-corrected chi connectivity index (χ1v) is 46.2. The molecule has 19 heteroatoms. The van der Waals surface area contributed by atoms with Crippen molar-refractivity contribution in [1.82, 2.24) is 5.32 Å². The standard InChI is InChI=1S/C91H171NO18/c1-3-5-7-9-11-13-15-17-19-21-23-25-27-29-31-32-33-34-35-36-37-38-39-40-41-42-43-45-47-49-51-53-55-57-59-61-63-65-67-69-79(97)92-74(75(96)68-66-64-62-60-58-56-54-52-50-48-46-44-30-28-26-24-22-20-18-16-14-12-10-8-6-4-2)73-105-89-85(103)82(100)87(77(71-94)107-89)110-91-86(104)83(101)88(78(72-95)108-91)109-90-84(102)81(99)80(98)76(70-93)106-90/h21,23,58,60,66,68,74-78,80-91,93-96,98-104H,3-20,22,24-57,59,61-65,67,69-73H2,1-2H3,(H,92,97)/b23-21-,60-58+,68-66+. The van der Waals surface area contributed by atoms with E-state index in [9.17, 15) is 61.0 Å². The number of aliphatic hydroxyl groups is 11. The Kier molecular flexibility index (Phi) is 66.1. The molecule has 0 radical (unpaired) electrons. The second-order valence-corrected chi connectivity index (χ2v) is 33.1. The Morgan fingerprint density at radius 1 is 0.318 bits per heavy atom. The molecule has 110 heavy (non-hydrogen) atoms. The maximum atomic E-state index is 13.5. The molecule has 3 aliphatic heterocycles. The van der Waals surface area contributed by atoms with Crippen LogP contribution < -0.4 is 5.32 Å². The summed E-state index contributed by atoms with van der Waals surface area (Å²) in [6, 6.07) is -0.990. The molecule has 0 aliphatic carbocycles. The van der Waals surface area contributed by atoms with Gasteiger partial charge in [-0.3, -0.25) is 4.79 Å². The summed E-state index contributed by atoms with van der Waals surface area (Å²) in [6.45, 7) is 1.79. The van der Waals surface area contributed by atoms with Crippen LogP contribution in [0.1, 0.15) is 406 Å². The van der Waals surface area contributed by atoms with Crippen molar-refractivity contribution in [2.75, 3.05) is 26.4 Å². The van der Waals surface area contributed by atoms with Crippen molar-refractivity contribution < 1.29 is 89.4 Å². The van der Waals surface area contributed by atoms with Crippen LogP contribution in [0.2, 0.25) is 0 Å². The molecule has 648 valence electrons. The van der Waals surface area contributed by atoms with Gasteiger partial charge in [-0.2, -0.15) is 0 Å². The van der Waals surface area contributed by atoms with Gasteiger partial charge in [-0.25, -0.2) is 0 Å². The average Bonchev–Trinajstić information content (AvgIpc) is 0.780. The summed E-state index contributed by atoms with van der Waals surface area (Å²) >= 11 is 0. The van der Waals surface area contributed by atoms with Crippen LogP contribution in [0.3, 0.4) is 0 Å². The molecule has 0 saturated carbocycles. The number of ether oxygens (including phenoxy) is 6. The molecule has 0 aromatic heterocycles. The van der Waals surface area contributed by atoms with E-state index in [1.54, 1.807) is 6.08 Å². The Morgan fingerprint density at radius 2 is 0.582 bits per heavy atom. The van der Waals surface area contributed by atoms with Gasteiger partial charge >= 0.3 is 0 Å². The van der Waals surface area contributed by atoms with Gasteiger partial charge in [0.1, 0.15) is 73.2 Å². The fourth-order valence-electron chi connectivity index (χ4n) is 15.8. The van der Waals surface area contributed by atoms with Gasteiger partial charge < -0.3 is 89.9 Å². The Labute approximate surface area is 670 Å². The highest BCUT2D eigenvalue weighted by Crippen LogP contribution is 2.34. The number of allylic oxidation sites excluding steroid dienone is 5. The molecule has 17 atom stereocenters. The zero-order chi connectivity index (χ0) is 79.5. The lowest BCUT2D eigenvalue weighted by Crippen LogP contribution is -2.66. The first-order chi connectivity index (χ1) is 53.8. The summed E-state index contributed by atoms with van der Waals surface area (Å²) in [5, 5.41) is 121. The molecule has 1 amide bonds. The second-order valence-electron chi connectivity index (χ2n) is 33.1. The van der Waals surface area contributed by atoms with E-state index >= 15 is 0 Å². The van der Waals surface area contributed by atoms with E-state index in [2.05, 4.69) is 43.5 Å². The van der Waals surface area contributed by atoms with Crippen molar-refractivity contribution in [1.29, 1.82) is 0 Å². The van der Waals surface area contributed by atoms with Crippen molar-refractivity contribution in [2.45, 2.75) is 510 Å². The molecule has 0 aromatic rings. The van der Waals surface area contributed by atoms with Crippen LogP contribution in [0, 0.1) is 0 Å². The minimum absolute atomic E-state index is 0.240. The number of carbonyl (C=O) groups is 1. The van der Waals surface area contributed by atoms with Crippen LogP contribution in [-0.2, 0) is 33.2 Å². The smallest absolute Gasteiger partial charge is 0.220 e. The zero-order valence-electron chi connectivity index (χ0n) is 70.0. The second kappa shape index (κ2) is 71.1. The van der Waals surface area contributed by atoms with Crippen LogP contribution in [0.4, 0.5) is 0 Å². The van der Waals surface area contributed by atoms with Crippen LogP contribution >= 0.6 is 0 Å². The van der Waals surface area contributed by atoms with Crippen molar-refractivity contribution in [3.63, 3.8) is 0 Å². The first kappa shape index (κ1) is 102. The number of unbranched alkanes of at least 4 members (excludes halogenated alkanes) is 56. The van der Waals surface area contributed by atoms with Crippen molar-refractivity contribution in [3.8, 4) is 0 Å². The van der Waals surface area contributed by atoms with E-state index < -0.39 is 124 Å². The quantitative estimate of drug-likeness (QED) is 0.0199. The average molecular weight is 1570 g/mol. The highest BCUT2D eigenvalue weighted by Gasteiger charge is 2.54. The van der Waals surface area contributed by atoms with E-state index in [1.165, 1.54) is 334 Å². The third-order valence-electron chi connectivity index (χ3n) is 23.2. The number of nitrogens with one attached hydrogen (secondary N) is 1. The van der Waals surface area contributed by atoms with Crippen LogP contribution in [0.25, 0.3) is 0 Å². The lowest BCUT2D eigenvalue weighted by Gasteiger charge is -2.48. The van der Waals surface area contributed by atoms with Crippen molar-refractivity contribution in [2.24, 2.45) is 0 Å². The van der Waals surface area contributed by atoms with Gasteiger partial charge in [0.2, 0.25) is 5.91 Å². The number of hydrogen-bond donors (Lipinski definition) is 12. The Morgan fingerprint density at radius 3 is 0.909 bits per heavy atom. The first-order valence-electron chi connectivity index (χ1n) is 46.2. The lowest BCUT2D eigenvalue weighted by molar-refractivity contribution is -0.379. The summed E-state index contributed by atoms with van der Waals surface area (Å²) < 4.78 is 34.5. The molecule has 17 unspecified atom stereocenters. The van der Waals surface area contributed by atoms with Gasteiger partial charge in [-0.05, 0) is 57.8 Å². The Balaban J connectivity index is 1.30. The van der Waals surface area contributed by atoms with Crippen molar-refractivity contribution >= 4 is 5.91 Å². The highest BCUT2D eigenvalue weighted by molar-refractivity contribution is 5.76. The molecular weight excluding hydrogens is 1390 g/mol. The summed E-state index contributed by atoms with van der Waals surface area (Å²) in [5.74, 6) is -0.276. The van der Waals surface area contributed by atoms with E-state index in [4.69, 9.17) is 28.4 Å². The van der Waals surface area contributed by atoms with Gasteiger partial charge in [0.05, 0.1) is 38.6 Å². The maximum Gasteiger partial charge on any atom is 0.220 e. The third kappa shape index (κ3) is 49.3. The van der Waals surface area contributed by atoms with E-state index in [1.807, 2.05) is 6.08 Å². The maximum absolute atomic E-state index is 13.5. The number of rotatable bonds is 76. The predicted molar refractivity (Wildman–Crippen MR) is 443 cm³/mol. The van der Waals surface area contributed by atoms with Gasteiger partial charge in [0, 0.05) is 6.42 Å². The largest absolute Gasteiger partial charge is 0.394 e. The number of aliphatic hydroxyl groups excluding tert-OH is 11. The summed E-state index contributed by atoms with van der Waals surface area (Å²) in [6.07, 6.45) is 64.6. The summed E-state index contributed by atoms with van der Waals surface area (Å²) in [7, 11) is 0. The Bertz CT molecular complexity index is 2120. The predicted octanol–water partition coefficient (Wildman–Crippen LogP) is 17.8. The molecule has 3 aliphatic rings. The normalized spacial score (nSPS) is 25.3. The number of hydrogen-bond acceptors (Lipinski definition) is 18. The minimum Gasteiger partial charge on any atom is -0.394 e. The SMILES string of the molecule is CCCCCCCCCC/C=C\CCCCCCCCCCCCCCCCCCCCCCCCCCCCCC(=O)NC(COC1OC(CO)C(OC2OC(CO)C(OC3OC(CO)C(O)C(O)C3O)C(O)C2O)C(O)C1O)C(O)/C=C/CC/C=C/CCCCCCCCCCCCCCCCCCCCCC. The lowest BCUT2D eigenvalue weighted by atomic mass is 9.96. The fraction of sp³-hybridized carbons (Fsp3) is 0.923. The third-order valence-corrected chi connectivity index (χ3v) is 23.2. The number of carbonyl (C=O) groups excluding carboxylic acids is 1. The molecular formula is C91H171NO18. The highest BCUT2D eigenvalue weighted by atomic mass is 16.8. The van der Waals surface area contributed by atoms with E-state index in [-0.39, 0.29) is 18.9 Å². The molecule has 3 rings (SSSR count). The van der Waals surface area contributed by atoms with Crippen LogP contribution in [-0.4, -0.2) is 193 Å². The molecule has 3 fully saturated rings. The molecule has 0 bridgehead atoms. The summed E-state index contributed by atoms with van der Waals surface area (Å²) in [4.78, 5) is 13.5. The molecule has 0 aromatic carbocycles. The van der Waals surface area contributed by atoms with E-state index in [0.717, 1.165) is 38.5 Å². The van der Waals surface area contributed by atoms with Crippen LogP contribution in [0.15, 0.2) is 36.5 Å². The Hall–Kier alpha value is -1.99. The van der Waals surface area contributed by atoms with Gasteiger partial charge in [-0.15, -0.1) is 0 Å². The monoisotopic (exact) mass is 1570 g/mol. The van der Waals surface area contributed by atoms with E-state index in [0.29, 0.717) is 12.8 Å². The number of amides is 1. The summed E-state index contributed by atoms with van der Waals surface area (Å²) in [5.41, 5.74) is 0. The molecule has 19 nitrogen and oxygen atoms in total. The molecule has 0 spiro atoms.